The van der Waals surface area contributed by atoms with Crippen LogP contribution in [0.15, 0.2) is 42.7 Å². The molecule has 0 aliphatic heterocycles. The molecule has 1 N–H and O–H groups in total. The fourth-order valence-corrected chi connectivity index (χ4v) is 2.62. The molecule has 0 saturated heterocycles. The Hall–Kier alpha value is -1.62. The van der Waals surface area contributed by atoms with Crippen molar-refractivity contribution in [2.24, 2.45) is 0 Å². The molecule has 0 bridgehead atoms. The van der Waals surface area contributed by atoms with E-state index in [-0.39, 0.29) is 11.4 Å². The van der Waals surface area contributed by atoms with Crippen LogP contribution >= 0.6 is 15.9 Å². The van der Waals surface area contributed by atoms with Crippen molar-refractivity contribution in [3.05, 3.63) is 48.3 Å². The van der Waals surface area contributed by atoms with Crippen LogP contribution in [0.3, 0.4) is 0 Å². The summed E-state index contributed by atoms with van der Waals surface area (Å²) in [7, 11) is 0. The quantitative estimate of drug-likeness (QED) is 0.880. The highest BCUT2D eigenvalue weighted by Gasteiger charge is 2.43. The summed E-state index contributed by atoms with van der Waals surface area (Å²) in [6.07, 6.45) is 5.44. The lowest BCUT2D eigenvalue weighted by Crippen LogP contribution is -2.37. The Kier molecular flexibility index (Phi) is 3.14. The van der Waals surface area contributed by atoms with E-state index < -0.39 is 0 Å². The predicted molar refractivity (Wildman–Crippen MR) is 76.8 cm³/mol. The Labute approximate surface area is 119 Å². The largest absolute Gasteiger partial charge is 0.346 e. The van der Waals surface area contributed by atoms with Crippen LogP contribution in [0.5, 0.6) is 0 Å². The normalized spacial score (nSPS) is 16.1. The number of carbonyl (C=O) groups excluding carboxylic acids is 1. The molecule has 1 saturated carbocycles. The van der Waals surface area contributed by atoms with E-state index in [0.29, 0.717) is 5.56 Å². The number of hydrogen-bond donors (Lipinski definition) is 1. The predicted octanol–water partition coefficient (Wildman–Crippen LogP) is 2.53. The third kappa shape index (κ3) is 2.56. The van der Waals surface area contributed by atoms with Crippen LogP contribution in [0.1, 0.15) is 23.2 Å². The van der Waals surface area contributed by atoms with E-state index in [2.05, 4.69) is 26.3 Å². The summed E-state index contributed by atoms with van der Waals surface area (Å²) >= 11 is 3.44. The van der Waals surface area contributed by atoms with E-state index in [1.54, 1.807) is 17.1 Å². The molecule has 4 nitrogen and oxygen atoms in total. The summed E-state index contributed by atoms with van der Waals surface area (Å²) in [4.78, 5) is 12.1. The van der Waals surface area contributed by atoms with Crippen molar-refractivity contribution in [2.45, 2.75) is 18.4 Å². The Morgan fingerprint density at radius 2 is 2.11 bits per heavy atom. The first-order valence-electron chi connectivity index (χ1n) is 6.21. The van der Waals surface area contributed by atoms with Crippen molar-refractivity contribution in [2.75, 3.05) is 5.33 Å². The molecule has 1 fully saturated rings. The smallest absolute Gasteiger partial charge is 0.254 e. The van der Waals surface area contributed by atoms with Crippen LogP contribution in [0, 0.1) is 0 Å². The Morgan fingerprint density at radius 3 is 2.74 bits per heavy atom. The number of halogens is 1. The van der Waals surface area contributed by atoms with Crippen molar-refractivity contribution in [1.82, 2.24) is 15.1 Å². The van der Waals surface area contributed by atoms with Crippen LogP contribution in [0.25, 0.3) is 5.69 Å². The zero-order chi connectivity index (χ0) is 13.3. The molecule has 5 heteroatoms. The topological polar surface area (TPSA) is 46.9 Å². The second-order valence-corrected chi connectivity index (χ2v) is 5.44. The van der Waals surface area contributed by atoms with Gasteiger partial charge in [0.25, 0.3) is 5.91 Å². The number of aromatic nitrogens is 2. The number of carbonyl (C=O) groups is 1. The lowest BCUT2D eigenvalue weighted by atomic mass is 10.2. The molecule has 1 heterocycles. The van der Waals surface area contributed by atoms with Crippen molar-refractivity contribution in [3.63, 3.8) is 0 Å². The van der Waals surface area contributed by atoms with Gasteiger partial charge in [-0.2, -0.15) is 5.10 Å². The second kappa shape index (κ2) is 4.81. The Bertz CT molecular complexity index is 590. The lowest BCUT2D eigenvalue weighted by Gasteiger charge is -2.12. The van der Waals surface area contributed by atoms with Crippen molar-refractivity contribution in [1.29, 1.82) is 0 Å². The molecule has 0 unspecified atom stereocenters. The highest BCUT2D eigenvalue weighted by atomic mass is 79.9. The minimum atomic E-state index is -0.0564. The summed E-state index contributed by atoms with van der Waals surface area (Å²) in [6, 6.07) is 9.75. The molecule has 1 amide bonds. The standard InChI is InChI=1S/C14H14BrN3O/c15-10-14(6-7-14)17-13(19)11-8-16-18(9-11)12-4-2-1-3-5-12/h1-5,8-9H,6-7,10H2,(H,17,19). The first-order chi connectivity index (χ1) is 9.22. The molecule has 98 valence electrons. The van der Waals surface area contributed by atoms with Crippen molar-refractivity contribution >= 4 is 21.8 Å². The maximum atomic E-state index is 12.1. The van der Waals surface area contributed by atoms with Gasteiger partial charge < -0.3 is 5.32 Å². The molecule has 19 heavy (non-hydrogen) atoms. The summed E-state index contributed by atoms with van der Waals surface area (Å²) in [6.45, 7) is 0. The van der Waals surface area contributed by atoms with E-state index >= 15 is 0 Å². The van der Waals surface area contributed by atoms with Gasteiger partial charge in [-0.3, -0.25) is 4.79 Å². The molecule has 2 aromatic rings. The van der Waals surface area contributed by atoms with Gasteiger partial charge in [-0.05, 0) is 25.0 Å². The molecule has 0 radical (unpaired) electrons. The average Bonchev–Trinajstić information content (AvgIpc) is 3.04. The average molecular weight is 320 g/mol. The maximum absolute atomic E-state index is 12.1. The van der Waals surface area contributed by atoms with Crippen LogP contribution in [0.4, 0.5) is 0 Å². The number of rotatable bonds is 4. The van der Waals surface area contributed by atoms with Gasteiger partial charge in [-0.15, -0.1) is 0 Å². The van der Waals surface area contributed by atoms with Crippen molar-refractivity contribution in [3.8, 4) is 5.69 Å². The van der Waals surface area contributed by atoms with E-state index in [1.165, 1.54) is 0 Å². The number of para-hydroxylation sites is 1. The number of nitrogens with zero attached hydrogens (tertiary/aromatic N) is 2. The molecule has 1 aliphatic carbocycles. The summed E-state index contributed by atoms with van der Waals surface area (Å²) in [5, 5.41) is 8.09. The molecule has 3 rings (SSSR count). The molecular formula is C14H14BrN3O. The number of amides is 1. The SMILES string of the molecule is O=C(NC1(CBr)CC1)c1cnn(-c2ccccc2)c1. The Balaban J connectivity index is 1.76. The molecule has 0 atom stereocenters. The van der Waals surface area contributed by atoms with Crippen LogP contribution in [0.2, 0.25) is 0 Å². The number of alkyl halides is 1. The second-order valence-electron chi connectivity index (χ2n) is 4.88. The maximum Gasteiger partial charge on any atom is 0.254 e. The minimum absolute atomic E-state index is 0.0358. The van der Waals surface area contributed by atoms with Crippen LogP contribution in [-0.4, -0.2) is 26.6 Å². The highest BCUT2D eigenvalue weighted by molar-refractivity contribution is 9.09. The van der Waals surface area contributed by atoms with Gasteiger partial charge in [0.1, 0.15) is 0 Å². The van der Waals surface area contributed by atoms with E-state index in [0.717, 1.165) is 23.9 Å². The minimum Gasteiger partial charge on any atom is -0.346 e. The van der Waals surface area contributed by atoms with Gasteiger partial charge in [0.15, 0.2) is 0 Å². The lowest BCUT2D eigenvalue weighted by molar-refractivity contribution is 0.0936. The van der Waals surface area contributed by atoms with Crippen molar-refractivity contribution < 1.29 is 4.79 Å². The van der Waals surface area contributed by atoms with Gasteiger partial charge in [0.2, 0.25) is 0 Å². The first-order valence-corrected chi connectivity index (χ1v) is 7.33. The Morgan fingerprint density at radius 1 is 1.37 bits per heavy atom. The molecular weight excluding hydrogens is 306 g/mol. The number of hydrogen-bond acceptors (Lipinski definition) is 2. The molecule has 1 aromatic heterocycles. The van der Waals surface area contributed by atoms with Crippen LogP contribution in [-0.2, 0) is 0 Å². The van der Waals surface area contributed by atoms with Gasteiger partial charge in [-0.1, -0.05) is 34.1 Å². The van der Waals surface area contributed by atoms with Gasteiger partial charge in [-0.25, -0.2) is 4.68 Å². The fourth-order valence-electron chi connectivity index (χ4n) is 1.92. The number of nitrogens with one attached hydrogen (secondary N) is 1. The van der Waals surface area contributed by atoms with E-state index in [1.807, 2.05) is 30.3 Å². The number of benzene rings is 1. The molecule has 1 aromatic carbocycles. The molecule has 1 aliphatic rings. The zero-order valence-corrected chi connectivity index (χ0v) is 11.9. The first kappa shape index (κ1) is 12.4. The zero-order valence-electron chi connectivity index (χ0n) is 10.3. The summed E-state index contributed by atoms with van der Waals surface area (Å²) in [5.41, 5.74) is 1.51. The van der Waals surface area contributed by atoms with Gasteiger partial charge >= 0.3 is 0 Å². The van der Waals surface area contributed by atoms with E-state index in [9.17, 15) is 4.79 Å². The van der Waals surface area contributed by atoms with Crippen LogP contribution < -0.4 is 5.32 Å². The molecule has 0 spiro atoms. The van der Waals surface area contributed by atoms with Gasteiger partial charge in [0, 0.05) is 11.5 Å². The summed E-state index contributed by atoms with van der Waals surface area (Å²) in [5.74, 6) is -0.0564. The highest BCUT2D eigenvalue weighted by Crippen LogP contribution is 2.37. The summed E-state index contributed by atoms with van der Waals surface area (Å²) < 4.78 is 1.71. The fraction of sp³-hybridized carbons (Fsp3) is 0.286. The third-order valence-electron chi connectivity index (χ3n) is 3.35. The van der Waals surface area contributed by atoms with E-state index in [4.69, 9.17) is 0 Å². The third-order valence-corrected chi connectivity index (χ3v) is 4.43. The monoisotopic (exact) mass is 319 g/mol. The van der Waals surface area contributed by atoms with Gasteiger partial charge in [0.05, 0.1) is 23.0 Å².